The van der Waals surface area contributed by atoms with Crippen LogP contribution in [0.2, 0.25) is 0 Å². The van der Waals surface area contributed by atoms with Gasteiger partial charge in [0.05, 0.1) is 16.4 Å². The van der Waals surface area contributed by atoms with Crippen LogP contribution >= 0.6 is 23.9 Å². The zero-order chi connectivity index (χ0) is 5.70. The minimum absolute atomic E-state index is 0.294. The predicted molar refractivity (Wildman–Crippen MR) is 36.0 cm³/mol. The molecule has 0 aliphatic rings. The van der Waals surface area contributed by atoms with Crippen molar-refractivity contribution in [1.29, 1.82) is 0 Å². The van der Waals surface area contributed by atoms with Crippen LogP contribution in [0.25, 0.3) is 0 Å². The first kappa shape index (κ1) is 7.37. The molecule has 0 N–H and O–H groups in total. The van der Waals surface area contributed by atoms with Crippen LogP contribution < -0.4 is 0 Å². The monoisotopic (exact) mass is 138 g/mol. The van der Waals surface area contributed by atoms with Gasteiger partial charge in [0, 0.05) is 0 Å². The van der Waals surface area contributed by atoms with Gasteiger partial charge in [-0.2, -0.15) is 3.89 Å². The van der Waals surface area contributed by atoms with Gasteiger partial charge in [0.15, 0.2) is 0 Å². The van der Waals surface area contributed by atoms with E-state index in [1.807, 2.05) is 13.2 Å². The van der Waals surface area contributed by atoms with Crippen LogP contribution in [0.15, 0.2) is 10.3 Å². The van der Waals surface area contributed by atoms with Gasteiger partial charge < -0.3 is 0 Å². The summed E-state index contributed by atoms with van der Waals surface area (Å²) in [5, 5.41) is 0. The summed E-state index contributed by atoms with van der Waals surface area (Å²) in [7, 11) is 0. The fraction of sp³-hybridized carbons (Fsp3) is 0.500. The summed E-state index contributed by atoms with van der Waals surface area (Å²) in [5.74, 6) is 0. The van der Waals surface area contributed by atoms with Crippen molar-refractivity contribution >= 4 is 23.9 Å². The molecule has 0 spiro atoms. The highest BCUT2D eigenvalue weighted by molar-refractivity contribution is 8.19. The van der Waals surface area contributed by atoms with E-state index >= 15 is 0 Å². The van der Waals surface area contributed by atoms with Gasteiger partial charge in [-0.3, -0.25) is 0 Å². The minimum atomic E-state index is 0.294. The lowest BCUT2D eigenvalue weighted by Gasteiger charge is -1.87. The Bertz CT molecular complexity index is 64.1. The normalized spacial score (nSPS) is 12.1. The van der Waals surface area contributed by atoms with Gasteiger partial charge in [-0.1, -0.05) is 6.08 Å². The highest BCUT2D eigenvalue weighted by Crippen LogP contribution is 2.25. The fourth-order valence-electron chi connectivity index (χ4n) is 0.194. The smallest absolute Gasteiger partial charge is 0.0878 e. The van der Waals surface area contributed by atoms with E-state index < -0.39 is 0 Å². The lowest BCUT2D eigenvalue weighted by atomic mass is 10.8. The van der Waals surface area contributed by atoms with Crippen molar-refractivity contribution < 1.29 is 3.89 Å². The Morgan fingerprint density at radius 2 is 2.29 bits per heavy atom. The second-order valence-electron chi connectivity index (χ2n) is 0.889. The molecule has 7 heavy (non-hydrogen) atoms. The van der Waals surface area contributed by atoms with E-state index in [2.05, 4.69) is 0 Å². The molecule has 0 aromatic carbocycles. The van der Waals surface area contributed by atoms with E-state index in [1.54, 1.807) is 6.08 Å². The van der Waals surface area contributed by atoms with Crippen LogP contribution in [0.4, 0.5) is 3.89 Å². The standard InChI is InChI=1S/C4H7FS2/c1-3-4(6-2)7-5/h3H,1-2H3/b4-3+. The average Bonchev–Trinajstić information content (AvgIpc) is 1.72. The number of hydrogen-bond acceptors (Lipinski definition) is 2. The Morgan fingerprint density at radius 1 is 1.71 bits per heavy atom. The molecule has 0 saturated carbocycles. The van der Waals surface area contributed by atoms with Crippen molar-refractivity contribution in [3.8, 4) is 0 Å². The molecule has 0 atom stereocenters. The lowest BCUT2D eigenvalue weighted by molar-refractivity contribution is 0.946. The Balaban J connectivity index is 3.38. The molecule has 0 heterocycles. The fourth-order valence-corrected chi connectivity index (χ4v) is 0.771. The second kappa shape index (κ2) is 4.53. The quantitative estimate of drug-likeness (QED) is 0.575. The summed E-state index contributed by atoms with van der Waals surface area (Å²) in [6.45, 7) is 1.82. The molecule has 42 valence electrons. The molecular formula is C4H7FS2. The molecule has 0 aromatic rings. The average molecular weight is 138 g/mol. The zero-order valence-corrected chi connectivity index (χ0v) is 5.90. The maximum absolute atomic E-state index is 11.5. The molecular weight excluding hydrogens is 131 g/mol. The van der Waals surface area contributed by atoms with Gasteiger partial charge in [0.1, 0.15) is 0 Å². The van der Waals surface area contributed by atoms with Crippen molar-refractivity contribution in [1.82, 2.24) is 0 Å². The molecule has 0 rings (SSSR count). The molecule has 0 aliphatic carbocycles. The van der Waals surface area contributed by atoms with Crippen LogP contribution in [0.1, 0.15) is 6.92 Å². The Morgan fingerprint density at radius 3 is 2.29 bits per heavy atom. The van der Waals surface area contributed by atoms with E-state index in [0.29, 0.717) is 12.1 Å². The summed E-state index contributed by atoms with van der Waals surface area (Å²) in [6, 6.07) is 0. The molecule has 0 aromatic heterocycles. The molecule has 0 aliphatic heterocycles. The zero-order valence-electron chi connectivity index (χ0n) is 4.27. The largest absolute Gasteiger partial charge is 0.159 e. The highest BCUT2D eigenvalue weighted by Gasteiger charge is 1.88. The molecule has 0 fully saturated rings. The van der Waals surface area contributed by atoms with Crippen LogP contribution in [-0.2, 0) is 0 Å². The minimum Gasteiger partial charge on any atom is -0.159 e. The molecule has 0 saturated heterocycles. The number of rotatable bonds is 2. The van der Waals surface area contributed by atoms with Crippen molar-refractivity contribution in [3.63, 3.8) is 0 Å². The Labute approximate surface area is 51.9 Å². The van der Waals surface area contributed by atoms with Crippen molar-refractivity contribution in [3.05, 3.63) is 10.3 Å². The van der Waals surface area contributed by atoms with Gasteiger partial charge in [0.2, 0.25) is 0 Å². The van der Waals surface area contributed by atoms with Gasteiger partial charge in [0.25, 0.3) is 0 Å². The summed E-state index contributed by atoms with van der Waals surface area (Å²) in [6.07, 6.45) is 3.59. The van der Waals surface area contributed by atoms with Crippen LogP contribution in [0.3, 0.4) is 0 Å². The Hall–Kier alpha value is 0.370. The van der Waals surface area contributed by atoms with Crippen molar-refractivity contribution in [2.24, 2.45) is 0 Å². The van der Waals surface area contributed by atoms with Gasteiger partial charge in [-0.15, -0.1) is 11.8 Å². The first-order valence-electron chi connectivity index (χ1n) is 1.84. The molecule has 0 radical (unpaired) electrons. The first-order chi connectivity index (χ1) is 3.35. The van der Waals surface area contributed by atoms with E-state index in [0.717, 1.165) is 4.24 Å². The molecule has 0 amide bonds. The highest BCUT2D eigenvalue weighted by atomic mass is 32.2. The molecule has 3 heteroatoms. The SMILES string of the molecule is C/C=C(\SC)SF. The van der Waals surface area contributed by atoms with Gasteiger partial charge >= 0.3 is 0 Å². The first-order valence-corrected chi connectivity index (χ1v) is 3.78. The number of allylic oxidation sites excluding steroid dienone is 1. The predicted octanol–water partition coefficient (Wildman–Crippen LogP) is 2.83. The maximum Gasteiger partial charge on any atom is 0.0878 e. The molecule has 0 bridgehead atoms. The third-order valence-electron chi connectivity index (χ3n) is 0.513. The van der Waals surface area contributed by atoms with Crippen LogP contribution in [-0.4, -0.2) is 6.26 Å². The molecule has 0 nitrogen and oxygen atoms in total. The van der Waals surface area contributed by atoms with Crippen molar-refractivity contribution in [2.75, 3.05) is 6.26 Å². The van der Waals surface area contributed by atoms with E-state index in [4.69, 9.17) is 0 Å². The molecule has 0 unspecified atom stereocenters. The summed E-state index contributed by atoms with van der Waals surface area (Å²) < 4.78 is 12.2. The second-order valence-corrected chi connectivity index (χ2v) is 2.59. The summed E-state index contributed by atoms with van der Waals surface area (Å²) in [4.78, 5) is 0. The van der Waals surface area contributed by atoms with Gasteiger partial charge in [-0.05, 0) is 13.2 Å². The maximum atomic E-state index is 11.5. The van der Waals surface area contributed by atoms with Crippen LogP contribution in [0, 0.1) is 0 Å². The number of halogens is 1. The van der Waals surface area contributed by atoms with E-state index in [9.17, 15) is 3.89 Å². The van der Waals surface area contributed by atoms with E-state index in [1.165, 1.54) is 11.8 Å². The third-order valence-corrected chi connectivity index (χ3v) is 2.23. The topological polar surface area (TPSA) is 0 Å². The lowest BCUT2D eigenvalue weighted by Crippen LogP contribution is -1.56. The number of thioether (sulfide) groups is 1. The van der Waals surface area contributed by atoms with Crippen LogP contribution in [0.5, 0.6) is 0 Å². The third kappa shape index (κ3) is 3.00. The summed E-state index contributed by atoms with van der Waals surface area (Å²) in [5.41, 5.74) is 0. The summed E-state index contributed by atoms with van der Waals surface area (Å²) >= 11 is 1.71. The number of hydrogen-bond donors (Lipinski definition) is 0. The Kier molecular flexibility index (Phi) is 4.77. The van der Waals surface area contributed by atoms with E-state index in [-0.39, 0.29) is 0 Å². The van der Waals surface area contributed by atoms with Gasteiger partial charge in [-0.25, -0.2) is 0 Å². The van der Waals surface area contributed by atoms with Crippen molar-refractivity contribution in [2.45, 2.75) is 6.92 Å².